The predicted octanol–water partition coefficient (Wildman–Crippen LogP) is 3.26. The zero-order valence-electron chi connectivity index (χ0n) is 10.8. The van der Waals surface area contributed by atoms with E-state index in [0.29, 0.717) is 0 Å². The molecule has 0 radical (unpaired) electrons. The minimum atomic E-state index is -0.223. The third-order valence-corrected chi connectivity index (χ3v) is 1.11. The molecule has 0 aliphatic carbocycles. The van der Waals surface area contributed by atoms with Gasteiger partial charge in [0.2, 0.25) is 0 Å². The van der Waals surface area contributed by atoms with E-state index in [1.54, 1.807) is 0 Å². The molecule has 0 saturated heterocycles. The fraction of sp³-hybridized carbons (Fsp3) is 0.800. The molecule has 0 aromatic heterocycles. The topological polar surface area (TPSA) is 18.5 Å². The molecule has 104 valence electrons. The van der Waals surface area contributed by atoms with Crippen LogP contribution in [0.1, 0.15) is 41.5 Å². The summed E-state index contributed by atoms with van der Waals surface area (Å²) < 4.78 is 10.4. The van der Waals surface area contributed by atoms with Gasteiger partial charge in [-0.15, -0.1) is 0 Å². The summed E-state index contributed by atoms with van der Waals surface area (Å²) >= 11 is 18.1. The quantitative estimate of drug-likeness (QED) is 0.374. The molecule has 0 rings (SSSR count). The number of hydrogen-bond acceptors (Lipinski definition) is 6. The van der Waals surface area contributed by atoms with E-state index in [1.165, 1.54) is 0 Å². The van der Waals surface area contributed by atoms with E-state index < -0.39 is 0 Å². The van der Waals surface area contributed by atoms with Crippen molar-refractivity contribution in [1.29, 1.82) is 0 Å². The molecule has 0 atom stereocenters. The third-order valence-electron chi connectivity index (χ3n) is 0.779. The normalized spacial score (nSPS) is 10.2. The Morgan fingerprint density at radius 3 is 0.941 bits per heavy atom. The maximum Gasteiger partial charge on any atom is 2.00 e. The summed E-state index contributed by atoms with van der Waals surface area (Å²) in [5.74, 6) is 0. The standard InChI is InChI=1S/2C5H10OS2.Ni/c2*1-5(2,3)6-4(7)8;/h2*1-3H3,(H,7,8);/q;;+2/p-2. The van der Waals surface area contributed by atoms with Crippen LogP contribution in [0.25, 0.3) is 0 Å². The Kier molecular flexibility index (Phi) is 12.9. The molecule has 0 aromatic carbocycles. The molecule has 0 aliphatic rings. The van der Waals surface area contributed by atoms with E-state index in [9.17, 15) is 0 Å². The van der Waals surface area contributed by atoms with Crippen LogP contribution in [-0.2, 0) is 51.2 Å². The molecule has 0 aliphatic heterocycles. The van der Waals surface area contributed by atoms with Crippen molar-refractivity contribution in [1.82, 2.24) is 0 Å². The van der Waals surface area contributed by atoms with Crippen LogP contribution in [0.4, 0.5) is 0 Å². The van der Waals surface area contributed by atoms with Crippen molar-refractivity contribution in [2.45, 2.75) is 52.7 Å². The van der Waals surface area contributed by atoms with Gasteiger partial charge in [-0.3, -0.25) is 0 Å². The average Bonchev–Trinajstić information content (AvgIpc) is 1.72. The number of thiocarbonyl (C=S) groups is 2. The van der Waals surface area contributed by atoms with Crippen LogP contribution in [0, 0.1) is 0 Å². The molecule has 0 bridgehead atoms. The molecule has 0 fully saturated rings. The second kappa shape index (κ2) is 9.62. The molecule has 17 heavy (non-hydrogen) atoms. The van der Waals surface area contributed by atoms with Gasteiger partial charge in [-0.25, -0.2) is 0 Å². The summed E-state index contributed by atoms with van der Waals surface area (Å²) in [5, 5.41) is 0. The van der Waals surface area contributed by atoms with Gasteiger partial charge in [0.25, 0.3) is 0 Å². The van der Waals surface area contributed by atoms with Gasteiger partial charge in [-0.2, -0.15) is 0 Å². The summed E-state index contributed by atoms with van der Waals surface area (Å²) in [7, 11) is 0. The molecule has 0 amide bonds. The molecule has 0 aromatic rings. The summed E-state index contributed by atoms with van der Waals surface area (Å²) in [6, 6.07) is 0. The second-order valence-corrected chi connectivity index (χ2v) is 6.93. The smallest absolute Gasteiger partial charge is 0.508 e. The largest absolute Gasteiger partial charge is 2.00 e. The number of rotatable bonds is 0. The third kappa shape index (κ3) is 31.5. The van der Waals surface area contributed by atoms with E-state index in [1.807, 2.05) is 41.5 Å². The number of hydrogen-bond donors (Lipinski definition) is 0. The van der Waals surface area contributed by atoms with Crippen LogP contribution in [0.3, 0.4) is 0 Å². The Morgan fingerprint density at radius 1 is 0.765 bits per heavy atom. The van der Waals surface area contributed by atoms with Crippen LogP contribution in [-0.4, -0.2) is 20.0 Å². The summed E-state index contributed by atoms with van der Waals surface area (Å²) in [6.45, 7) is 11.5. The fourth-order valence-electron chi connectivity index (χ4n) is 0.500. The van der Waals surface area contributed by atoms with Gasteiger partial charge in [-0.05, 0) is 41.5 Å². The summed E-state index contributed by atoms with van der Waals surface area (Å²) in [6.07, 6.45) is 0. The molecular formula is C10H18NiO2S4. The van der Waals surface area contributed by atoms with Crippen LogP contribution >= 0.6 is 24.4 Å². The van der Waals surface area contributed by atoms with E-state index in [4.69, 9.17) is 9.47 Å². The van der Waals surface area contributed by atoms with Crippen LogP contribution < -0.4 is 0 Å². The van der Waals surface area contributed by atoms with Crippen molar-refractivity contribution in [3.05, 3.63) is 0 Å². The van der Waals surface area contributed by atoms with Gasteiger partial charge in [0, 0.05) is 8.77 Å². The minimum Gasteiger partial charge on any atom is -0.508 e. The van der Waals surface area contributed by atoms with Gasteiger partial charge in [-0.1, -0.05) is 0 Å². The Morgan fingerprint density at radius 2 is 0.941 bits per heavy atom. The molecular weight excluding hydrogens is 339 g/mol. The van der Waals surface area contributed by atoms with Crippen molar-refractivity contribution >= 4 is 58.5 Å². The van der Waals surface area contributed by atoms with Crippen molar-refractivity contribution < 1.29 is 26.0 Å². The first-order chi connectivity index (χ1) is 6.83. The monoisotopic (exact) mass is 356 g/mol. The molecule has 0 heterocycles. The van der Waals surface area contributed by atoms with Crippen molar-refractivity contribution in [2.24, 2.45) is 0 Å². The maximum absolute atomic E-state index is 4.98. The van der Waals surface area contributed by atoms with E-state index >= 15 is 0 Å². The average molecular weight is 357 g/mol. The van der Waals surface area contributed by atoms with Crippen LogP contribution in [0.2, 0.25) is 0 Å². The van der Waals surface area contributed by atoms with E-state index in [2.05, 4.69) is 49.7 Å². The van der Waals surface area contributed by atoms with E-state index in [0.717, 1.165) is 0 Å². The molecule has 0 saturated carbocycles. The van der Waals surface area contributed by atoms with Gasteiger partial charge in [0.15, 0.2) is 0 Å². The maximum atomic E-state index is 4.98. The first-order valence-corrected chi connectivity index (χ1v) is 6.27. The SMILES string of the molecule is CC(C)(C)OC(=S)[S-].CC(C)(C)OC(=S)[S-].[Ni+2]. The van der Waals surface area contributed by atoms with Gasteiger partial charge >= 0.3 is 16.5 Å². The molecule has 0 spiro atoms. The van der Waals surface area contributed by atoms with Crippen molar-refractivity contribution in [3.8, 4) is 0 Å². The Balaban J connectivity index is -0.000000218. The summed E-state index contributed by atoms with van der Waals surface area (Å²) in [4.78, 5) is 0. The van der Waals surface area contributed by atoms with Gasteiger partial charge in [0.05, 0.1) is 11.2 Å². The zero-order valence-corrected chi connectivity index (χ0v) is 15.0. The first kappa shape index (κ1) is 22.9. The van der Waals surface area contributed by atoms with Crippen LogP contribution in [0.5, 0.6) is 0 Å². The minimum absolute atomic E-state index is 0. The molecule has 0 unspecified atom stereocenters. The Labute approximate surface area is 136 Å². The summed E-state index contributed by atoms with van der Waals surface area (Å²) in [5.41, 5.74) is -0.447. The van der Waals surface area contributed by atoms with Crippen molar-refractivity contribution in [2.75, 3.05) is 0 Å². The van der Waals surface area contributed by atoms with Crippen LogP contribution in [0.15, 0.2) is 0 Å². The number of ether oxygens (including phenoxy) is 2. The first-order valence-electron chi connectivity index (χ1n) is 4.63. The molecule has 7 heteroatoms. The Bertz CT molecular complexity index is 218. The molecule has 2 nitrogen and oxygen atoms in total. The van der Waals surface area contributed by atoms with Gasteiger partial charge < -0.3 is 59.2 Å². The Hall–Kier alpha value is 0.714. The van der Waals surface area contributed by atoms with E-state index in [-0.39, 0.29) is 36.5 Å². The van der Waals surface area contributed by atoms with Gasteiger partial charge in [0.1, 0.15) is 0 Å². The zero-order chi connectivity index (χ0) is 13.6. The predicted molar refractivity (Wildman–Crippen MR) is 81.6 cm³/mol. The second-order valence-electron chi connectivity index (χ2n) is 4.93. The molecule has 0 N–H and O–H groups in total. The fourth-order valence-corrected chi connectivity index (χ4v) is 1.50. The van der Waals surface area contributed by atoms with Crippen molar-refractivity contribution in [3.63, 3.8) is 0 Å².